The third-order valence-electron chi connectivity index (χ3n) is 1.97. The van der Waals surface area contributed by atoms with Crippen LogP contribution in [0.25, 0.3) is 0 Å². The summed E-state index contributed by atoms with van der Waals surface area (Å²) >= 11 is 1.71. The maximum absolute atomic E-state index is 10.8. The molecule has 1 fully saturated rings. The average molecular weight is 265 g/mol. The molecule has 1 rings (SSSR count). The van der Waals surface area contributed by atoms with Gasteiger partial charge in [0.2, 0.25) is 10.0 Å². The van der Waals surface area contributed by atoms with Gasteiger partial charge in [-0.3, -0.25) is 4.99 Å². The molecule has 94 valence electrons. The molecule has 7 heteroatoms. The quantitative estimate of drug-likeness (QED) is 0.706. The predicted molar refractivity (Wildman–Crippen MR) is 69.4 cm³/mol. The SMILES string of the molecule is CC1(C)CSC(=NCCCNS(C)(=O)=O)N1. The van der Waals surface area contributed by atoms with E-state index in [2.05, 4.69) is 28.9 Å². The van der Waals surface area contributed by atoms with E-state index in [4.69, 9.17) is 0 Å². The van der Waals surface area contributed by atoms with Gasteiger partial charge in [0.05, 0.1) is 6.26 Å². The van der Waals surface area contributed by atoms with Crippen LogP contribution in [0.1, 0.15) is 20.3 Å². The summed E-state index contributed by atoms with van der Waals surface area (Å²) in [4.78, 5) is 4.37. The summed E-state index contributed by atoms with van der Waals surface area (Å²) < 4.78 is 24.0. The number of aliphatic imine (C=N–C) groups is 1. The van der Waals surface area contributed by atoms with Crippen molar-refractivity contribution in [1.29, 1.82) is 0 Å². The van der Waals surface area contributed by atoms with Crippen molar-refractivity contribution in [2.24, 2.45) is 4.99 Å². The van der Waals surface area contributed by atoms with Crippen molar-refractivity contribution in [3.05, 3.63) is 0 Å². The van der Waals surface area contributed by atoms with E-state index in [0.717, 1.165) is 23.6 Å². The van der Waals surface area contributed by atoms with Crippen molar-refractivity contribution in [3.63, 3.8) is 0 Å². The molecule has 16 heavy (non-hydrogen) atoms. The first kappa shape index (κ1) is 13.8. The lowest BCUT2D eigenvalue weighted by Gasteiger charge is -2.15. The van der Waals surface area contributed by atoms with Gasteiger partial charge in [0.15, 0.2) is 5.17 Å². The van der Waals surface area contributed by atoms with E-state index in [1.165, 1.54) is 0 Å². The molecule has 1 heterocycles. The molecule has 0 radical (unpaired) electrons. The van der Waals surface area contributed by atoms with E-state index in [1.807, 2.05) is 0 Å². The van der Waals surface area contributed by atoms with Crippen LogP contribution in [-0.4, -0.2) is 44.2 Å². The van der Waals surface area contributed by atoms with Crippen molar-refractivity contribution >= 4 is 27.0 Å². The number of thioether (sulfide) groups is 1. The third-order valence-corrected chi connectivity index (χ3v) is 4.07. The highest BCUT2D eigenvalue weighted by Gasteiger charge is 2.26. The highest BCUT2D eigenvalue weighted by molar-refractivity contribution is 8.14. The van der Waals surface area contributed by atoms with Gasteiger partial charge in [-0.15, -0.1) is 0 Å². The fourth-order valence-corrected chi connectivity index (χ4v) is 2.83. The van der Waals surface area contributed by atoms with Gasteiger partial charge in [0, 0.05) is 24.4 Å². The van der Waals surface area contributed by atoms with Crippen molar-refractivity contribution in [2.75, 3.05) is 25.1 Å². The lowest BCUT2D eigenvalue weighted by molar-refractivity contribution is 0.536. The second-order valence-corrected chi connectivity index (χ2v) is 7.30. The van der Waals surface area contributed by atoms with Gasteiger partial charge < -0.3 is 5.32 Å². The molecule has 0 aromatic carbocycles. The molecule has 0 unspecified atom stereocenters. The Balaban J connectivity index is 2.19. The second kappa shape index (κ2) is 5.37. The van der Waals surface area contributed by atoms with Gasteiger partial charge >= 0.3 is 0 Å². The lowest BCUT2D eigenvalue weighted by Crippen LogP contribution is -2.37. The van der Waals surface area contributed by atoms with Crippen molar-refractivity contribution < 1.29 is 8.42 Å². The normalized spacial score (nSPS) is 22.3. The third kappa shape index (κ3) is 5.72. The first-order chi connectivity index (χ1) is 7.29. The van der Waals surface area contributed by atoms with E-state index >= 15 is 0 Å². The van der Waals surface area contributed by atoms with Gasteiger partial charge in [-0.05, 0) is 20.3 Å². The maximum atomic E-state index is 10.8. The van der Waals surface area contributed by atoms with E-state index in [9.17, 15) is 8.42 Å². The molecule has 5 nitrogen and oxygen atoms in total. The van der Waals surface area contributed by atoms with Crippen LogP contribution >= 0.6 is 11.8 Å². The minimum absolute atomic E-state index is 0.120. The van der Waals surface area contributed by atoms with Gasteiger partial charge in [-0.25, -0.2) is 13.1 Å². The van der Waals surface area contributed by atoms with Crippen molar-refractivity contribution in [2.45, 2.75) is 25.8 Å². The van der Waals surface area contributed by atoms with Crippen LogP contribution in [-0.2, 0) is 10.0 Å². The Morgan fingerprint density at radius 3 is 2.75 bits per heavy atom. The molecule has 0 amide bonds. The monoisotopic (exact) mass is 265 g/mol. The molecule has 1 saturated heterocycles. The Morgan fingerprint density at radius 2 is 2.25 bits per heavy atom. The minimum Gasteiger partial charge on any atom is -0.359 e. The minimum atomic E-state index is -3.06. The summed E-state index contributed by atoms with van der Waals surface area (Å²) in [5.74, 6) is 1.02. The molecule has 0 aromatic rings. The Kier molecular flexibility index (Phi) is 4.63. The maximum Gasteiger partial charge on any atom is 0.208 e. The lowest BCUT2D eigenvalue weighted by atomic mass is 10.1. The summed E-state index contributed by atoms with van der Waals surface area (Å²) in [5.41, 5.74) is 0.120. The Bertz CT molecular complexity index is 363. The van der Waals surface area contributed by atoms with Crippen molar-refractivity contribution in [3.8, 4) is 0 Å². The summed E-state index contributed by atoms with van der Waals surface area (Å²) in [6, 6.07) is 0. The smallest absolute Gasteiger partial charge is 0.208 e. The molecule has 1 aliphatic rings. The predicted octanol–water partition coefficient (Wildman–Crippen LogP) is 0.397. The van der Waals surface area contributed by atoms with Gasteiger partial charge in [0.1, 0.15) is 0 Å². The van der Waals surface area contributed by atoms with Crippen LogP contribution in [0.15, 0.2) is 4.99 Å². The zero-order chi connectivity index (χ0) is 12.2. The first-order valence-corrected chi connectivity index (χ1v) is 8.06. The van der Waals surface area contributed by atoms with Crippen LogP contribution in [0.5, 0.6) is 0 Å². The number of sulfonamides is 1. The standard InChI is InChI=1S/C9H19N3O2S2/c1-9(2)7-15-8(12-9)10-5-4-6-11-16(3,13)14/h11H,4-7H2,1-3H3,(H,10,12). The molecule has 1 aliphatic heterocycles. The molecular formula is C9H19N3O2S2. The number of rotatable bonds is 5. The summed E-state index contributed by atoms with van der Waals surface area (Å²) in [7, 11) is -3.06. The van der Waals surface area contributed by atoms with E-state index in [0.29, 0.717) is 13.1 Å². The molecule has 2 N–H and O–H groups in total. The van der Waals surface area contributed by atoms with Crippen LogP contribution in [0.3, 0.4) is 0 Å². The number of hydrogen-bond acceptors (Lipinski definition) is 4. The van der Waals surface area contributed by atoms with E-state index < -0.39 is 10.0 Å². The molecule has 0 saturated carbocycles. The molecule has 0 spiro atoms. The summed E-state index contributed by atoms with van der Waals surface area (Å²) in [6.07, 6.45) is 1.88. The zero-order valence-electron chi connectivity index (χ0n) is 9.91. The molecule has 0 aromatic heterocycles. The molecule has 0 bridgehead atoms. The molecule has 0 atom stereocenters. The second-order valence-electron chi connectivity index (χ2n) is 4.50. The van der Waals surface area contributed by atoms with Gasteiger partial charge in [0.25, 0.3) is 0 Å². The zero-order valence-corrected chi connectivity index (χ0v) is 11.5. The number of amidine groups is 1. The molecular weight excluding hydrogens is 246 g/mol. The fraction of sp³-hybridized carbons (Fsp3) is 0.889. The topological polar surface area (TPSA) is 70.6 Å². The first-order valence-electron chi connectivity index (χ1n) is 5.19. The van der Waals surface area contributed by atoms with E-state index in [1.54, 1.807) is 11.8 Å². The summed E-state index contributed by atoms with van der Waals surface area (Å²) in [6.45, 7) is 5.36. The van der Waals surface area contributed by atoms with Crippen LogP contribution in [0.4, 0.5) is 0 Å². The Morgan fingerprint density at radius 1 is 1.56 bits per heavy atom. The highest BCUT2D eigenvalue weighted by atomic mass is 32.2. The number of nitrogens with zero attached hydrogens (tertiary/aromatic N) is 1. The Labute approximate surface area is 102 Å². The van der Waals surface area contributed by atoms with E-state index in [-0.39, 0.29) is 5.54 Å². The van der Waals surface area contributed by atoms with Gasteiger partial charge in [-0.2, -0.15) is 0 Å². The average Bonchev–Trinajstić information content (AvgIpc) is 2.43. The number of hydrogen-bond donors (Lipinski definition) is 2. The Hall–Kier alpha value is -0.270. The van der Waals surface area contributed by atoms with Crippen LogP contribution in [0, 0.1) is 0 Å². The summed E-state index contributed by atoms with van der Waals surface area (Å²) in [5, 5.41) is 4.27. The molecule has 0 aliphatic carbocycles. The largest absolute Gasteiger partial charge is 0.359 e. The van der Waals surface area contributed by atoms with Gasteiger partial charge in [-0.1, -0.05) is 11.8 Å². The highest BCUT2D eigenvalue weighted by Crippen LogP contribution is 2.21. The number of nitrogens with one attached hydrogen (secondary N) is 2. The fourth-order valence-electron chi connectivity index (χ4n) is 1.21. The van der Waals surface area contributed by atoms with Crippen molar-refractivity contribution in [1.82, 2.24) is 10.0 Å². The van der Waals surface area contributed by atoms with Crippen LogP contribution in [0.2, 0.25) is 0 Å². The van der Waals surface area contributed by atoms with Crippen LogP contribution < -0.4 is 10.0 Å².